The second-order valence-corrected chi connectivity index (χ2v) is 5.12. The zero-order valence-corrected chi connectivity index (χ0v) is 10.3. The van der Waals surface area contributed by atoms with Gasteiger partial charge in [0.05, 0.1) is 6.26 Å². The van der Waals surface area contributed by atoms with Crippen LogP contribution in [-0.4, -0.2) is 20.5 Å². The van der Waals surface area contributed by atoms with E-state index in [1.807, 2.05) is 0 Å². The van der Waals surface area contributed by atoms with Gasteiger partial charge in [0.25, 0.3) is 0 Å². The smallest absolute Gasteiger partial charge is 0.306 e. The van der Waals surface area contributed by atoms with Crippen LogP contribution in [0, 0.1) is 6.92 Å². The molecule has 4 nitrogen and oxygen atoms in total. The number of hydrogen-bond acceptors (Lipinski definition) is 4. The summed E-state index contributed by atoms with van der Waals surface area (Å²) < 4.78 is 26.5. The highest BCUT2D eigenvalue weighted by atomic mass is 32.2. The first-order valence-corrected chi connectivity index (χ1v) is 6.68. The van der Waals surface area contributed by atoms with Gasteiger partial charge < -0.3 is 4.18 Å². The summed E-state index contributed by atoms with van der Waals surface area (Å²) in [6.07, 6.45) is 1.40. The Kier molecular flexibility index (Phi) is 3.70. The Morgan fingerprint density at radius 3 is 2.44 bits per heavy atom. The summed E-state index contributed by atoms with van der Waals surface area (Å²) >= 11 is 0. The molecule has 88 valence electrons. The Hall–Kier alpha value is -1.36. The summed E-state index contributed by atoms with van der Waals surface area (Å²) in [5.41, 5.74) is 1.32. The van der Waals surface area contributed by atoms with E-state index in [0.717, 1.165) is 6.26 Å². The summed E-state index contributed by atoms with van der Waals surface area (Å²) in [5.74, 6) is 0.260. The predicted molar refractivity (Wildman–Crippen MR) is 61.3 cm³/mol. The van der Waals surface area contributed by atoms with Crippen molar-refractivity contribution in [3.8, 4) is 5.75 Å². The highest BCUT2D eigenvalue weighted by Crippen LogP contribution is 2.19. The van der Waals surface area contributed by atoms with Crippen LogP contribution in [-0.2, 0) is 10.1 Å². The molecule has 0 atom stereocenters. The SMILES string of the molecule is CCC(=O)c1ccc(OS(C)(=O)=O)cc1C. The number of ketones is 1. The van der Waals surface area contributed by atoms with Crippen molar-refractivity contribution in [2.75, 3.05) is 6.26 Å². The van der Waals surface area contributed by atoms with Gasteiger partial charge in [0.1, 0.15) is 5.75 Å². The van der Waals surface area contributed by atoms with Crippen LogP contribution in [0.15, 0.2) is 18.2 Å². The standard InChI is InChI=1S/C11H14O4S/c1-4-11(12)10-6-5-9(7-8(10)2)15-16(3,13)14/h5-7H,4H2,1-3H3. The molecule has 0 spiro atoms. The van der Waals surface area contributed by atoms with Crippen molar-refractivity contribution >= 4 is 15.9 Å². The van der Waals surface area contributed by atoms with Gasteiger partial charge >= 0.3 is 10.1 Å². The number of hydrogen-bond donors (Lipinski definition) is 0. The van der Waals surface area contributed by atoms with Gasteiger partial charge in [0, 0.05) is 12.0 Å². The highest BCUT2D eigenvalue weighted by molar-refractivity contribution is 7.86. The molecule has 0 saturated heterocycles. The van der Waals surface area contributed by atoms with E-state index in [2.05, 4.69) is 0 Å². The molecule has 0 aliphatic rings. The molecule has 0 aliphatic carbocycles. The van der Waals surface area contributed by atoms with Crippen molar-refractivity contribution in [1.29, 1.82) is 0 Å². The Balaban J connectivity index is 3.05. The van der Waals surface area contributed by atoms with Crippen LogP contribution in [0.3, 0.4) is 0 Å². The minimum atomic E-state index is -3.52. The Morgan fingerprint density at radius 2 is 2.00 bits per heavy atom. The lowest BCUT2D eigenvalue weighted by Gasteiger charge is -2.07. The van der Waals surface area contributed by atoms with Gasteiger partial charge in [-0.2, -0.15) is 8.42 Å². The Morgan fingerprint density at radius 1 is 1.38 bits per heavy atom. The molecule has 1 aromatic rings. The lowest BCUT2D eigenvalue weighted by molar-refractivity contribution is 0.0987. The second kappa shape index (κ2) is 4.65. The van der Waals surface area contributed by atoms with Crippen LogP contribution < -0.4 is 4.18 Å². The van der Waals surface area contributed by atoms with Gasteiger partial charge in [-0.05, 0) is 30.7 Å². The molecule has 0 aliphatic heterocycles. The van der Waals surface area contributed by atoms with Gasteiger partial charge in [-0.3, -0.25) is 4.79 Å². The van der Waals surface area contributed by atoms with Crippen molar-refractivity contribution in [3.05, 3.63) is 29.3 Å². The fourth-order valence-corrected chi connectivity index (χ4v) is 1.82. The van der Waals surface area contributed by atoms with Crippen molar-refractivity contribution < 1.29 is 17.4 Å². The molecule has 0 bridgehead atoms. The average Bonchev–Trinajstić information content (AvgIpc) is 2.14. The summed E-state index contributed by atoms with van der Waals surface area (Å²) in [6, 6.07) is 4.61. The molecular weight excluding hydrogens is 228 g/mol. The minimum Gasteiger partial charge on any atom is -0.383 e. The van der Waals surface area contributed by atoms with Gasteiger partial charge in [-0.15, -0.1) is 0 Å². The van der Waals surface area contributed by atoms with Crippen molar-refractivity contribution in [3.63, 3.8) is 0 Å². The zero-order valence-electron chi connectivity index (χ0n) is 9.48. The molecular formula is C11H14O4S. The monoisotopic (exact) mass is 242 g/mol. The maximum absolute atomic E-state index is 11.5. The van der Waals surface area contributed by atoms with E-state index >= 15 is 0 Å². The summed E-state index contributed by atoms with van der Waals surface area (Å²) in [7, 11) is -3.52. The van der Waals surface area contributed by atoms with E-state index in [-0.39, 0.29) is 11.5 Å². The van der Waals surface area contributed by atoms with E-state index in [1.165, 1.54) is 6.07 Å². The van der Waals surface area contributed by atoms with Crippen molar-refractivity contribution in [1.82, 2.24) is 0 Å². The Bertz CT molecular complexity index is 503. The maximum atomic E-state index is 11.5. The predicted octanol–water partition coefficient (Wildman–Crippen LogP) is 1.93. The first-order valence-electron chi connectivity index (χ1n) is 4.87. The fourth-order valence-electron chi connectivity index (χ4n) is 1.37. The number of Topliss-reactive ketones (excluding diaryl/α,β-unsaturated/α-hetero) is 1. The molecule has 0 N–H and O–H groups in total. The van der Waals surface area contributed by atoms with Gasteiger partial charge in [-0.1, -0.05) is 6.92 Å². The number of carbonyl (C=O) groups is 1. The van der Waals surface area contributed by atoms with E-state index in [9.17, 15) is 13.2 Å². The molecule has 0 aromatic heterocycles. The van der Waals surface area contributed by atoms with Crippen LogP contribution in [0.5, 0.6) is 5.75 Å². The number of benzene rings is 1. The van der Waals surface area contributed by atoms with Crippen LogP contribution in [0.1, 0.15) is 29.3 Å². The van der Waals surface area contributed by atoms with Gasteiger partial charge in [0.2, 0.25) is 0 Å². The molecule has 5 heteroatoms. The third-order valence-electron chi connectivity index (χ3n) is 2.07. The normalized spacial score (nSPS) is 11.2. The molecule has 1 aromatic carbocycles. The summed E-state index contributed by atoms with van der Waals surface area (Å²) in [5, 5.41) is 0. The summed E-state index contributed by atoms with van der Waals surface area (Å²) in [6.45, 7) is 3.53. The van der Waals surface area contributed by atoms with Crippen LogP contribution >= 0.6 is 0 Å². The molecule has 0 unspecified atom stereocenters. The van der Waals surface area contributed by atoms with E-state index < -0.39 is 10.1 Å². The molecule has 16 heavy (non-hydrogen) atoms. The quantitative estimate of drug-likeness (QED) is 0.598. The van der Waals surface area contributed by atoms with Crippen LogP contribution in [0.25, 0.3) is 0 Å². The Labute approximate surface area is 95.4 Å². The zero-order chi connectivity index (χ0) is 12.3. The maximum Gasteiger partial charge on any atom is 0.306 e. The number of aryl methyl sites for hydroxylation is 1. The van der Waals surface area contributed by atoms with E-state index in [0.29, 0.717) is 17.5 Å². The third-order valence-corrected chi connectivity index (χ3v) is 2.56. The van der Waals surface area contributed by atoms with E-state index in [4.69, 9.17) is 4.18 Å². The second-order valence-electron chi connectivity index (χ2n) is 3.54. The first kappa shape index (κ1) is 12.7. The topological polar surface area (TPSA) is 60.4 Å². The summed E-state index contributed by atoms with van der Waals surface area (Å²) in [4.78, 5) is 11.5. The first-order chi connectivity index (χ1) is 7.33. The number of carbonyl (C=O) groups excluding carboxylic acids is 1. The lowest BCUT2D eigenvalue weighted by atomic mass is 10.0. The number of rotatable bonds is 4. The van der Waals surface area contributed by atoms with Crippen molar-refractivity contribution in [2.24, 2.45) is 0 Å². The molecule has 0 heterocycles. The van der Waals surface area contributed by atoms with Crippen molar-refractivity contribution in [2.45, 2.75) is 20.3 Å². The minimum absolute atomic E-state index is 0.0309. The third kappa shape index (κ3) is 3.34. The van der Waals surface area contributed by atoms with Crippen LogP contribution in [0.2, 0.25) is 0 Å². The van der Waals surface area contributed by atoms with Crippen LogP contribution in [0.4, 0.5) is 0 Å². The lowest BCUT2D eigenvalue weighted by Crippen LogP contribution is -2.07. The molecule has 0 radical (unpaired) electrons. The molecule has 0 fully saturated rings. The molecule has 1 rings (SSSR count). The van der Waals surface area contributed by atoms with E-state index in [1.54, 1.807) is 26.0 Å². The van der Waals surface area contributed by atoms with Gasteiger partial charge in [-0.25, -0.2) is 0 Å². The molecule has 0 saturated carbocycles. The fraction of sp³-hybridized carbons (Fsp3) is 0.364. The average molecular weight is 242 g/mol. The highest BCUT2D eigenvalue weighted by Gasteiger charge is 2.10. The molecule has 0 amide bonds. The van der Waals surface area contributed by atoms with Gasteiger partial charge in [0.15, 0.2) is 5.78 Å². The largest absolute Gasteiger partial charge is 0.383 e.